The van der Waals surface area contributed by atoms with Crippen molar-refractivity contribution in [1.82, 2.24) is 0 Å². The highest BCUT2D eigenvalue weighted by molar-refractivity contribution is 9.10. The molecule has 0 atom stereocenters. The van der Waals surface area contributed by atoms with Crippen LogP contribution < -0.4 is 0 Å². The van der Waals surface area contributed by atoms with Gasteiger partial charge in [0, 0.05) is 14.6 Å². The fourth-order valence-corrected chi connectivity index (χ4v) is 2.40. The number of halogens is 2. The lowest BCUT2D eigenvalue weighted by Gasteiger charge is -1.89. The standard InChI is InChI=1S/C8H4BrFOS/c9-4-1-2-5-6(3-4)12-8(11)7(5)10/h1-3,11H. The average Bonchev–Trinajstić information content (AvgIpc) is 2.28. The van der Waals surface area contributed by atoms with Crippen molar-refractivity contribution in [2.24, 2.45) is 0 Å². The van der Waals surface area contributed by atoms with Gasteiger partial charge in [0.05, 0.1) is 0 Å². The molecular weight excluding hydrogens is 243 g/mol. The molecule has 0 radical (unpaired) electrons. The average molecular weight is 247 g/mol. The van der Waals surface area contributed by atoms with Crippen LogP contribution in [0.2, 0.25) is 0 Å². The molecule has 0 fully saturated rings. The van der Waals surface area contributed by atoms with Gasteiger partial charge in [0.25, 0.3) is 0 Å². The first-order valence-corrected chi connectivity index (χ1v) is 4.86. The quantitative estimate of drug-likeness (QED) is 0.755. The van der Waals surface area contributed by atoms with E-state index in [1.54, 1.807) is 18.2 Å². The lowest BCUT2D eigenvalue weighted by molar-refractivity contribution is 0.452. The predicted molar refractivity (Wildman–Crippen MR) is 51.1 cm³/mol. The van der Waals surface area contributed by atoms with Crippen molar-refractivity contribution in [3.63, 3.8) is 0 Å². The van der Waals surface area contributed by atoms with Gasteiger partial charge in [0.1, 0.15) is 0 Å². The Hall–Kier alpha value is -0.610. The molecule has 4 heteroatoms. The van der Waals surface area contributed by atoms with Gasteiger partial charge in [-0.3, -0.25) is 0 Å². The van der Waals surface area contributed by atoms with E-state index in [9.17, 15) is 4.39 Å². The van der Waals surface area contributed by atoms with Crippen LogP contribution in [0.5, 0.6) is 5.06 Å². The van der Waals surface area contributed by atoms with Crippen LogP contribution in [0.4, 0.5) is 4.39 Å². The van der Waals surface area contributed by atoms with E-state index in [0.29, 0.717) is 5.39 Å². The summed E-state index contributed by atoms with van der Waals surface area (Å²) < 4.78 is 14.7. The van der Waals surface area contributed by atoms with E-state index < -0.39 is 5.82 Å². The highest BCUT2D eigenvalue weighted by Crippen LogP contribution is 2.36. The molecule has 0 aliphatic carbocycles. The summed E-state index contributed by atoms with van der Waals surface area (Å²) in [5.74, 6) is -0.525. The van der Waals surface area contributed by atoms with Gasteiger partial charge in [0.15, 0.2) is 5.82 Å². The second-order valence-corrected chi connectivity index (χ2v) is 4.31. The minimum absolute atomic E-state index is 0.247. The summed E-state index contributed by atoms with van der Waals surface area (Å²) in [7, 11) is 0. The summed E-state index contributed by atoms with van der Waals surface area (Å²) >= 11 is 4.31. The fraction of sp³-hybridized carbons (Fsp3) is 0. The Kier molecular flexibility index (Phi) is 1.81. The number of benzene rings is 1. The zero-order valence-electron chi connectivity index (χ0n) is 5.84. The lowest BCUT2D eigenvalue weighted by Crippen LogP contribution is -1.68. The van der Waals surface area contributed by atoms with Crippen LogP contribution in [0, 0.1) is 5.82 Å². The Labute approximate surface area is 80.6 Å². The van der Waals surface area contributed by atoms with Gasteiger partial charge in [-0.05, 0) is 18.2 Å². The molecule has 0 bridgehead atoms. The summed E-state index contributed by atoms with van der Waals surface area (Å²) in [6.07, 6.45) is 0. The third kappa shape index (κ3) is 1.11. The first-order valence-electron chi connectivity index (χ1n) is 3.25. The van der Waals surface area contributed by atoms with Crippen molar-refractivity contribution in [1.29, 1.82) is 0 Å². The molecule has 12 heavy (non-hydrogen) atoms. The largest absolute Gasteiger partial charge is 0.497 e. The van der Waals surface area contributed by atoms with E-state index >= 15 is 0 Å². The first kappa shape index (κ1) is 8.01. The molecule has 0 saturated carbocycles. The summed E-state index contributed by atoms with van der Waals surface area (Å²) in [5.41, 5.74) is 0. The van der Waals surface area contributed by atoms with Gasteiger partial charge in [-0.15, -0.1) is 0 Å². The van der Waals surface area contributed by atoms with Crippen molar-refractivity contribution in [3.8, 4) is 5.06 Å². The number of fused-ring (bicyclic) bond motifs is 1. The zero-order valence-corrected chi connectivity index (χ0v) is 8.25. The van der Waals surface area contributed by atoms with Crippen LogP contribution in [0.1, 0.15) is 0 Å². The highest BCUT2D eigenvalue weighted by atomic mass is 79.9. The predicted octanol–water partition coefficient (Wildman–Crippen LogP) is 3.51. The SMILES string of the molecule is Oc1sc2cc(Br)ccc2c1F. The van der Waals surface area contributed by atoms with Gasteiger partial charge >= 0.3 is 0 Å². The topological polar surface area (TPSA) is 20.2 Å². The van der Waals surface area contributed by atoms with Crippen LogP contribution in [0.3, 0.4) is 0 Å². The normalized spacial score (nSPS) is 10.8. The minimum Gasteiger partial charge on any atom is -0.497 e. The smallest absolute Gasteiger partial charge is 0.209 e. The van der Waals surface area contributed by atoms with Gasteiger partial charge in [-0.1, -0.05) is 27.3 Å². The first-order chi connectivity index (χ1) is 5.68. The summed E-state index contributed by atoms with van der Waals surface area (Å²) in [5, 5.41) is 9.29. The highest BCUT2D eigenvalue weighted by Gasteiger charge is 2.09. The second kappa shape index (κ2) is 2.71. The van der Waals surface area contributed by atoms with Crippen molar-refractivity contribution in [2.45, 2.75) is 0 Å². The van der Waals surface area contributed by atoms with E-state index in [0.717, 1.165) is 20.5 Å². The van der Waals surface area contributed by atoms with Crippen LogP contribution in [0.15, 0.2) is 22.7 Å². The van der Waals surface area contributed by atoms with Crippen LogP contribution >= 0.6 is 27.3 Å². The maximum absolute atomic E-state index is 13.0. The summed E-state index contributed by atoms with van der Waals surface area (Å²) in [4.78, 5) is 0. The maximum Gasteiger partial charge on any atom is 0.209 e. The molecular formula is C8H4BrFOS. The van der Waals surface area contributed by atoms with Gasteiger partial charge < -0.3 is 5.11 Å². The van der Waals surface area contributed by atoms with Crippen molar-refractivity contribution >= 4 is 37.4 Å². The molecule has 1 nitrogen and oxygen atoms in total. The summed E-state index contributed by atoms with van der Waals surface area (Å²) in [6, 6.07) is 5.17. The lowest BCUT2D eigenvalue weighted by atomic mass is 10.2. The van der Waals surface area contributed by atoms with E-state index in [4.69, 9.17) is 5.11 Å². The fourth-order valence-electron chi connectivity index (χ4n) is 1.03. The molecule has 0 aliphatic rings. The van der Waals surface area contributed by atoms with Gasteiger partial charge in [-0.25, -0.2) is 4.39 Å². The Balaban J connectivity index is 2.87. The second-order valence-electron chi connectivity index (χ2n) is 2.36. The molecule has 2 aromatic rings. The monoisotopic (exact) mass is 246 g/mol. The molecule has 0 amide bonds. The molecule has 62 valence electrons. The molecule has 0 unspecified atom stereocenters. The third-order valence-corrected chi connectivity index (χ3v) is 3.00. The van der Waals surface area contributed by atoms with E-state index in [2.05, 4.69) is 15.9 Å². The van der Waals surface area contributed by atoms with Crippen molar-refractivity contribution in [3.05, 3.63) is 28.5 Å². The van der Waals surface area contributed by atoms with Crippen LogP contribution in [-0.4, -0.2) is 5.11 Å². The maximum atomic E-state index is 13.0. The van der Waals surface area contributed by atoms with Crippen molar-refractivity contribution < 1.29 is 9.50 Å². The molecule has 1 N–H and O–H groups in total. The molecule has 1 heterocycles. The Morgan fingerprint density at radius 1 is 1.42 bits per heavy atom. The number of rotatable bonds is 0. The molecule has 0 aliphatic heterocycles. The minimum atomic E-state index is -0.525. The van der Waals surface area contributed by atoms with E-state index in [1.807, 2.05) is 0 Å². The molecule has 1 aromatic carbocycles. The molecule has 0 saturated heterocycles. The summed E-state index contributed by atoms with van der Waals surface area (Å²) in [6.45, 7) is 0. The Bertz CT molecular complexity index is 438. The Morgan fingerprint density at radius 2 is 2.17 bits per heavy atom. The number of hydrogen-bond acceptors (Lipinski definition) is 2. The third-order valence-electron chi connectivity index (χ3n) is 1.57. The molecule has 2 rings (SSSR count). The molecule has 0 spiro atoms. The number of thiophene rings is 1. The van der Waals surface area contributed by atoms with Crippen LogP contribution in [0.25, 0.3) is 10.1 Å². The zero-order chi connectivity index (χ0) is 8.72. The number of aromatic hydroxyl groups is 1. The Morgan fingerprint density at radius 3 is 2.92 bits per heavy atom. The van der Waals surface area contributed by atoms with E-state index in [-0.39, 0.29) is 5.06 Å². The van der Waals surface area contributed by atoms with Gasteiger partial charge in [-0.2, -0.15) is 0 Å². The number of hydrogen-bond donors (Lipinski definition) is 1. The molecule has 1 aromatic heterocycles. The van der Waals surface area contributed by atoms with E-state index in [1.165, 1.54) is 0 Å². The van der Waals surface area contributed by atoms with Gasteiger partial charge in [0.2, 0.25) is 5.06 Å². The van der Waals surface area contributed by atoms with Crippen LogP contribution in [-0.2, 0) is 0 Å². The van der Waals surface area contributed by atoms with Crippen molar-refractivity contribution in [2.75, 3.05) is 0 Å².